The Morgan fingerprint density at radius 2 is 2.08 bits per heavy atom. The molecule has 4 heteroatoms. The molecule has 0 aromatic carbocycles. The molecule has 1 aliphatic rings. The van der Waals surface area contributed by atoms with Gasteiger partial charge in [-0.15, -0.1) is 0 Å². The Labute approximate surface area is 90.1 Å². The van der Waals surface area contributed by atoms with Gasteiger partial charge in [-0.3, -0.25) is 0 Å². The zero-order chi connectivity index (χ0) is 9.42. The van der Waals surface area contributed by atoms with E-state index in [4.69, 9.17) is 0 Å². The number of rotatable bonds is 1. The highest BCUT2D eigenvalue weighted by Gasteiger charge is 2.23. The van der Waals surface area contributed by atoms with Gasteiger partial charge in [0.05, 0.1) is 9.26 Å². The molecular weight excluding hydrogens is 282 g/mol. The molecule has 13 heavy (non-hydrogen) atoms. The maximum atomic E-state index is 13.2. The van der Waals surface area contributed by atoms with E-state index in [1.165, 1.54) is 6.42 Å². The van der Waals surface area contributed by atoms with Crippen molar-refractivity contribution < 1.29 is 4.39 Å². The van der Waals surface area contributed by atoms with E-state index in [9.17, 15) is 4.39 Å². The standard InChI is InChI=1S/C9H10FIN2/c1-5-7(11)8(10)13-9(12-5)6-3-2-4-6/h6H,2-4H2,1H3. The second kappa shape index (κ2) is 3.48. The lowest BCUT2D eigenvalue weighted by Gasteiger charge is -2.23. The van der Waals surface area contributed by atoms with Crippen molar-refractivity contribution in [1.29, 1.82) is 0 Å². The normalized spacial score (nSPS) is 17.2. The van der Waals surface area contributed by atoms with Crippen molar-refractivity contribution in [2.45, 2.75) is 32.1 Å². The smallest absolute Gasteiger partial charge is 0.229 e. The lowest BCUT2D eigenvalue weighted by molar-refractivity contribution is 0.392. The highest BCUT2D eigenvalue weighted by molar-refractivity contribution is 14.1. The van der Waals surface area contributed by atoms with Crippen LogP contribution in [0.25, 0.3) is 0 Å². The number of aryl methyl sites for hydroxylation is 1. The van der Waals surface area contributed by atoms with Crippen molar-refractivity contribution in [2.75, 3.05) is 0 Å². The van der Waals surface area contributed by atoms with E-state index < -0.39 is 0 Å². The van der Waals surface area contributed by atoms with Crippen LogP contribution in [-0.2, 0) is 0 Å². The third kappa shape index (κ3) is 1.68. The molecule has 70 valence electrons. The molecule has 0 aliphatic heterocycles. The molecule has 0 N–H and O–H groups in total. The van der Waals surface area contributed by atoms with E-state index in [-0.39, 0.29) is 5.95 Å². The first kappa shape index (κ1) is 9.30. The van der Waals surface area contributed by atoms with Gasteiger partial charge < -0.3 is 0 Å². The molecule has 2 rings (SSSR count). The second-order valence-corrected chi connectivity index (χ2v) is 4.48. The highest BCUT2D eigenvalue weighted by Crippen LogP contribution is 2.34. The van der Waals surface area contributed by atoms with Crippen molar-refractivity contribution in [3.63, 3.8) is 0 Å². The van der Waals surface area contributed by atoms with Gasteiger partial charge in [-0.1, -0.05) is 6.42 Å². The van der Waals surface area contributed by atoms with Gasteiger partial charge in [0.1, 0.15) is 5.82 Å². The van der Waals surface area contributed by atoms with E-state index in [0.29, 0.717) is 15.3 Å². The predicted octanol–water partition coefficient (Wildman–Crippen LogP) is 2.80. The Morgan fingerprint density at radius 1 is 1.38 bits per heavy atom. The molecule has 1 aromatic heterocycles. The van der Waals surface area contributed by atoms with Crippen LogP contribution >= 0.6 is 22.6 Å². The minimum Gasteiger partial charge on any atom is -0.237 e. The zero-order valence-corrected chi connectivity index (χ0v) is 9.51. The van der Waals surface area contributed by atoms with Crippen molar-refractivity contribution in [3.8, 4) is 0 Å². The Kier molecular flexibility index (Phi) is 2.49. The van der Waals surface area contributed by atoms with Crippen molar-refractivity contribution in [2.24, 2.45) is 0 Å². The van der Waals surface area contributed by atoms with Crippen LogP contribution < -0.4 is 0 Å². The topological polar surface area (TPSA) is 25.8 Å². The van der Waals surface area contributed by atoms with Gasteiger partial charge in [0.25, 0.3) is 0 Å². The van der Waals surface area contributed by atoms with Crippen LogP contribution in [0.5, 0.6) is 0 Å². The van der Waals surface area contributed by atoms with E-state index in [2.05, 4.69) is 9.97 Å². The fourth-order valence-corrected chi connectivity index (χ4v) is 1.64. The number of nitrogens with zero attached hydrogens (tertiary/aromatic N) is 2. The summed E-state index contributed by atoms with van der Waals surface area (Å²) in [6.07, 6.45) is 3.44. The summed E-state index contributed by atoms with van der Waals surface area (Å²) in [4.78, 5) is 8.17. The van der Waals surface area contributed by atoms with E-state index in [0.717, 1.165) is 18.5 Å². The molecule has 1 fully saturated rings. The Hall–Kier alpha value is -0.260. The molecule has 0 radical (unpaired) electrons. The van der Waals surface area contributed by atoms with Crippen molar-refractivity contribution in [1.82, 2.24) is 9.97 Å². The van der Waals surface area contributed by atoms with Crippen molar-refractivity contribution >= 4 is 22.6 Å². The van der Waals surface area contributed by atoms with Gasteiger partial charge in [0, 0.05) is 5.92 Å². The number of aromatic nitrogens is 2. The van der Waals surface area contributed by atoms with Crippen LogP contribution in [0.1, 0.15) is 36.7 Å². The van der Waals surface area contributed by atoms with Gasteiger partial charge in [-0.2, -0.15) is 4.39 Å². The van der Waals surface area contributed by atoms with Crippen molar-refractivity contribution in [3.05, 3.63) is 21.0 Å². The summed E-state index contributed by atoms with van der Waals surface area (Å²) < 4.78 is 13.7. The average molecular weight is 292 g/mol. The largest absolute Gasteiger partial charge is 0.237 e. The molecule has 0 unspecified atom stereocenters. The quantitative estimate of drug-likeness (QED) is 0.587. The molecular formula is C9H10FIN2. The van der Waals surface area contributed by atoms with E-state index >= 15 is 0 Å². The molecule has 0 bridgehead atoms. The van der Waals surface area contributed by atoms with Gasteiger partial charge in [-0.25, -0.2) is 9.97 Å². The lowest BCUT2D eigenvalue weighted by atomic mass is 9.85. The third-order valence-electron chi connectivity index (χ3n) is 2.46. The molecule has 2 nitrogen and oxygen atoms in total. The predicted molar refractivity (Wildman–Crippen MR) is 56.0 cm³/mol. The van der Waals surface area contributed by atoms with Crippen LogP contribution in [0.4, 0.5) is 4.39 Å². The van der Waals surface area contributed by atoms with Gasteiger partial charge >= 0.3 is 0 Å². The SMILES string of the molecule is Cc1nc(C2CCC2)nc(F)c1I. The maximum Gasteiger partial charge on any atom is 0.229 e. The second-order valence-electron chi connectivity index (χ2n) is 3.40. The molecule has 0 saturated heterocycles. The minimum absolute atomic E-state index is 0.366. The maximum absolute atomic E-state index is 13.2. The molecule has 1 aromatic rings. The van der Waals surface area contributed by atoms with Crippen LogP contribution in [0, 0.1) is 16.4 Å². The van der Waals surface area contributed by atoms with Gasteiger partial charge in [0.2, 0.25) is 5.95 Å². The summed E-state index contributed by atoms with van der Waals surface area (Å²) in [7, 11) is 0. The lowest BCUT2D eigenvalue weighted by Crippen LogP contribution is -2.15. The first-order valence-electron chi connectivity index (χ1n) is 4.38. The summed E-state index contributed by atoms with van der Waals surface area (Å²) in [5, 5.41) is 0. The zero-order valence-electron chi connectivity index (χ0n) is 7.35. The summed E-state index contributed by atoms with van der Waals surface area (Å²) in [5.41, 5.74) is 0.759. The molecule has 0 amide bonds. The van der Waals surface area contributed by atoms with Gasteiger partial charge in [-0.05, 0) is 42.4 Å². The van der Waals surface area contributed by atoms with E-state index in [1.54, 1.807) is 0 Å². The summed E-state index contributed by atoms with van der Waals surface area (Å²) in [6.45, 7) is 1.83. The number of hydrogen-bond acceptors (Lipinski definition) is 2. The molecule has 0 spiro atoms. The molecule has 1 saturated carbocycles. The summed E-state index contributed by atoms with van der Waals surface area (Å²) >= 11 is 1.94. The fraction of sp³-hybridized carbons (Fsp3) is 0.556. The Balaban J connectivity index is 2.37. The van der Waals surface area contributed by atoms with E-state index in [1.807, 2.05) is 29.5 Å². The number of halogens is 2. The van der Waals surface area contributed by atoms with Crippen LogP contribution in [0.2, 0.25) is 0 Å². The highest BCUT2D eigenvalue weighted by atomic mass is 127. The fourth-order valence-electron chi connectivity index (χ4n) is 1.39. The molecule has 1 heterocycles. The minimum atomic E-state index is -0.366. The van der Waals surface area contributed by atoms with Crippen LogP contribution in [0.15, 0.2) is 0 Å². The third-order valence-corrected chi connectivity index (χ3v) is 3.69. The monoisotopic (exact) mass is 292 g/mol. The summed E-state index contributed by atoms with van der Waals surface area (Å²) in [5.74, 6) is 0.738. The first-order chi connectivity index (χ1) is 6.18. The average Bonchev–Trinajstić information content (AvgIpc) is 1.96. The summed E-state index contributed by atoms with van der Waals surface area (Å²) in [6, 6.07) is 0. The van der Waals surface area contributed by atoms with Crippen LogP contribution in [-0.4, -0.2) is 9.97 Å². The molecule has 1 aliphatic carbocycles. The molecule has 0 atom stereocenters. The van der Waals surface area contributed by atoms with Gasteiger partial charge in [0.15, 0.2) is 0 Å². The first-order valence-corrected chi connectivity index (χ1v) is 5.46. The Morgan fingerprint density at radius 3 is 2.54 bits per heavy atom. The Bertz CT molecular complexity index is 313. The number of hydrogen-bond donors (Lipinski definition) is 0. The van der Waals surface area contributed by atoms with Crippen LogP contribution in [0.3, 0.4) is 0 Å².